The first-order valence-electron chi connectivity index (χ1n) is 7.67. The van der Waals surface area contributed by atoms with E-state index in [0.717, 1.165) is 21.3 Å². The van der Waals surface area contributed by atoms with Gasteiger partial charge in [0.1, 0.15) is 11.8 Å². The van der Waals surface area contributed by atoms with Gasteiger partial charge < -0.3 is 10.5 Å². The van der Waals surface area contributed by atoms with Gasteiger partial charge >= 0.3 is 6.03 Å². The van der Waals surface area contributed by atoms with Crippen molar-refractivity contribution in [3.63, 3.8) is 0 Å². The lowest BCUT2D eigenvalue weighted by molar-refractivity contribution is -0.122. The lowest BCUT2D eigenvalue weighted by Crippen LogP contribution is -2.43. The molecule has 0 radical (unpaired) electrons. The van der Waals surface area contributed by atoms with Crippen molar-refractivity contribution in [3.05, 3.63) is 64.1 Å². The average molecular weight is 406 g/mol. The maximum Gasteiger partial charge on any atom is 0.318 e. The minimum absolute atomic E-state index is 0.161. The SMILES string of the molecule is COc1ccc([C@@H](C)N[C@H](C(=O)NC(N)=O)c2ccccc2)cc1Br. The van der Waals surface area contributed by atoms with Crippen molar-refractivity contribution in [3.8, 4) is 5.75 Å². The number of primary amides is 1. The summed E-state index contributed by atoms with van der Waals surface area (Å²) in [7, 11) is 1.60. The highest BCUT2D eigenvalue weighted by molar-refractivity contribution is 9.10. The number of methoxy groups -OCH3 is 1. The lowest BCUT2D eigenvalue weighted by atomic mass is 10.0. The highest BCUT2D eigenvalue weighted by Crippen LogP contribution is 2.29. The molecule has 0 saturated carbocycles. The molecule has 4 N–H and O–H groups in total. The van der Waals surface area contributed by atoms with E-state index in [0.29, 0.717) is 0 Å². The number of nitrogens with one attached hydrogen (secondary N) is 2. The Morgan fingerprint density at radius 3 is 2.36 bits per heavy atom. The predicted octanol–water partition coefficient (Wildman–Crippen LogP) is 3.04. The van der Waals surface area contributed by atoms with Gasteiger partial charge in [0.05, 0.1) is 11.6 Å². The molecule has 0 saturated heterocycles. The Bertz CT molecular complexity index is 752. The molecule has 0 bridgehead atoms. The molecule has 132 valence electrons. The van der Waals surface area contributed by atoms with Crippen molar-refractivity contribution in [1.82, 2.24) is 10.6 Å². The Kier molecular flexibility index (Phi) is 6.55. The largest absolute Gasteiger partial charge is 0.496 e. The number of hydrogen-bond donors (Lipinski definition) is 3. The van der Waals surface area contributed by atoms with Crippen LogP contribution in [-0.2, 0) is 4.79 Å². The number of nitrogens with two attached hydrogens (primary N) is 1. The first-order chi connectivity index (χ1) is 11.9. The minimum atomic E-state index is -0.882. The van der Waals surface area contributed by atoms with Crippen molar-refractivity contribution < 1.29 is 14.3 Å². The minimum Gasteiger partial charge on any atom is -0.496 e. The molecule has 0 aliphatic rings. The van der Waals surface area contributed by atoms with E-state index >= 15 is 0 Å². The summed E-state index contributed by atoms with van der Waals surface area (Å²) in [6, 6.07) is 13.1. The number of benzene rings is 2. The molecule has 0 aromatic heterocycles. The maximum atomic E-state index is 12.4. The summed E-state index contributed by atoms with van der Waals surface area (Å²) in [6.45, 7) is 1.93. The van der Waals surface area contributed by atoms with E-state index in [9.17, 15) is 9.59 Å². The Labute approximate surface area is 154 Å². The lowest BCUT2D eigenvalue weighted by Gasteiger charge is -2.23. The fourth-order valence-electron chi connectivity index (χ4n) is 2.46. The van der Waals surface area contributed by atoms with Gasteiger partial charge in [-0.3, -0.25) is 15.4 Å². The van der Waals surface area contributed by atoms with E-state index in [4.69, 9.17) is 10.5 Å². The molecule has 3 amide bonds. The van der Waals surface area contributed by atoms with Gasteiger partial charge in [0.25, 0.3) is 0 Å². The Balaban J connectivity index is 2.25. The van der Waals surface area contributed by atoms with Gasteiger partial charge in [0, 0.05) is 6.04 Å². The summed E-state index contributed by atoms with van der Waals surface area (Å²) in [5.41, 5.74) is 6.78. The third kappa shape index (κ3) is 5.04. The van der Waals surface area contributed by atoms with Crippen LogP contribution in [-0.4, -0.2) is 19.0 Å². The van der Waals surface area contributed by atoms with Crippen molar-refractivity contribution >= 4 is 27.9 Å². The molecule has 0 heterocycles. The molecule has 25 heavy (non-hydrogen) atoms. The first-order valence-corrected chi connectivity index (χ1v) is 8.46. The van der Waals surface area contributed by atoms with Crippen molar-refractivity contribution in [2.24, 2.45) is 5.73 Å². The van der Waals surface area contributed by atoms with Crippen molar-refractivity contribution in [1.29, 1.82) is 0 Å². The van der Waals surface area contributed by atoms with Crippen LogP contribution in [0.25, 0.3) is 0 Å². The Morgan fingerprint density at radius 2 is 1.80 bits per heavy atom. The van der Waals surface area contributed by atoms with Gasteiger partial charge in [0.15, 0.2) is 0 Å². The normalized spacial score (nSPS) is 12.9. The van der Waals surface area contributed by atoms with Crippen LogP contribution in [0, 0.1) is 0 Å². The molecule has 7 heteroatoms. The van der Waals surface area contributed by atoms with E-state index in [2.05, 4.69) is 26.6 Å². The van der Waals surface area contributed by atoms with Crippen LogP contribution in [0.5, 0.6) is 5.75 Å². The van der Waals surface area contributed by atoms with Gasteiger partial charge in [-0.2, -0.15) is 0 Å². The number of amides is 3. The van der Waals surface area contributed by atoms with Gasteiger partial charge in [-0.1, -0.05) is 36.4 Å². The predicted molar refractivity (Wildman–Crippen MR) is 99.2 cm³/mol. The highest BCUT2D eigenvalue weighted by atomic mass is 79.9. The van der Waals surface area contributed by atoms with Crippen LogP contribution >= 0.6 is 15.9 Å². The molecule has 0 unspecified atom stereocenters. The Morgan fingerprint density at radius 1 is 1.12 bits per heavy atom. The van der Waals surface area contributed by atoms with Crippen LogP contribution in [0.2, 0.25) is 0 Å². The van der Waals surface area contributed by atoms with Gasteiger partial charge in [-0.25, -0.2) is 4.79 Å². The molecular formula is C18H20BrN3O3. The molecule has 0 fully saturated rings. The number of urea groups is 1. The number of carbonyl (C=O) groups excluding carboxylic acids is 2. The van der Waals surface area contributed by atoms with Crippen LogP contribution in [0.1, 0.15) is 30.1 Å². The summed E-state index contributed by atoms with van der Waals surface area (Å²) in [5.74, 6) is 0.222. The van der Waals surface area contributed by atoms with Crippen LogP contribution in [0.3, 0.4) is 0 Å². The zero-order chi connectivity index (χ0) is 18.4. The molecule has 0 aliphatic heterocycles. The fourth-order valence-corrected chi connectivity index (χ4v) is 3.02. The quantitative estimate of drug-likeness (QED) is 0.688. The number of rotatable bonds is 6. The number of hydrogen-bond acceptors (Lipinski definition) is 4. The highest BCUT2D eigenvalue weighted by Gasteiger charge is 2.24. The van der Waals surface area contributed by atoms with Gasteiger partial charge in [-0.05, 0) is 46.1 Å². The standard InChI is InChI=1S/C18H20BrN3O3/c1-11(13-8-9-15(25-2)14(19)10-13)21-16(17(23)22-18(20)24)12-6-4-3-5-7-12/h3-11,16,21H,1-2H3,(H3,20,22,23,24)/t11-,16+/m1/s1. The molecular weight excluding hydrogens is 386 g/mol. The summed E-state index contributed by atoms with van der Waals surface area (Å²) >= 11 is 3.46. The molecule has 2 aromatic carbocycles. The van der Waals surface area contributed by atoms with E-state index in [-0.39, 0.29) is 6.04 Å². The van der Waals surface area contributed by atoms with Crippen LogP contribution < -0.4 is 21.1 Å². The van der Waals surface area contributed by atoms with Crippen LogP contribution in [0.4, 0.5) is 4.79 Å². The zero-order valence-electron chi connectivity index (χ0n) is 14.0. The smallest absolute Gasteiger partial charge is 0.318 e. The van der Waals surface area contributed by atoms with Gasteiger partial charge in [0.2, 0.25) is 5.91 Å². The Hall–Kier alpha value is -2.38. The molecule has 0 aliphatic carbocycles. The molecule has 2 atom stereocenters. The number of halogens is 1. The molecule has 6 nitrogen and oxygen atoms in total. The first kappa shape index (κ1) is 19.0. The summed E-state index contributed by atoms with van der Waals surface area (Å²) < 4.78 is 6.05. The fraction of sp³-hybridized carbons (Fsp3) is 0.222. The summed E-state index contributed by atoms with van der Waals surface area (Å²) in [5, 5.41) is 5.37. The third-order valence-corrected chi connectivity index (χ3v) is 4.35. The van der Waals surface area contributed by atoms with Gasteiger partial charge in [-0.15, -0.1) is 0 Å². The molecule has 0 spiro atoms. The number of carbonyl (C=O) groups is 2. The topological polar surface area (TPSA) is 93.4 Å². The average Bonchev–Trinajstić information content (AvgIpc) is 2.59. The maximum absolute atomic E-state index is 12.4. The van der Waals surface area contributed by atoms with E-state index < -0.39 is 18.0 Å². The van der Waals surface area contributed by atoms with Crippen molar-refractivity contribution in [2.75, 3.05) is 7.11 Å². The number of imide groups is 1. The summed E-state index contributed by atoms with van der Waals surface area (Å²) in [6.07, 6.45) is 0. The molecule has 2 aromatic rings. The second-order valence-corrected chi connectivity index (χ2v) is 6.33. The molecule has 2 rings (SSSR count). The second-order valence-electron chi connectivity index (χ2n) is 5.48. The second kappa shape index (κ2) is 8.64. The van der Waals surface area contributed by atoms with Crippen LogP contribution in [0.15, 0.2) is 53.0 Å². The van der Waals surface area contributed by atoms with Crippen molar-refractivity contribution in [2.45, 2.75) is 19.0 Å². The summed E-state index contributed by atoms with van der Waals surface area (Å²) in [4.78, 5) is 23.4. The van der Waals surface area contributed by atoms with E-state index in [1.165, 1.54) is 0 Å². The zero-order valence-corrected chi connectivity index (χ0v) is 15.5. The number of ether oxygens (including phenoxy) is 1. The van der Waals surface area contributed by atoms with E-state index in [1.807, 2.05) is 55.5 Å². The third-order valence-electron chi connectivity index (χ3n) is 3.73. The monoisotopic (exact) mass is 405 g/mol. The van der Waals surface area contributed by atoms with E-state index in [1.54, 1.807) is 7.11 Å².